The highest BCUT2D eigenvalue weighted by Gasteiger charge is 2.19. The highest BCUT2D eigenvalue weighted by molar-refractivity contribution is 9.10. The Hall–Kier alpha value is -1.54. The van der Waals surface area contributed by atoms with E-state index in [-0.39, 0.29) is 10.7 Å². The summed E-state index contributed by atoms with van der Waals surface area (Å²) in [4.78, 5) is -0.0691. The Morgan fingerprint density at radius 3 is 2.47 bits per heavy atom. The molecule has 0 unspecified atom stereocenters. The van der Waals surface area contributed by atoms with Crippen LogP contribution in [0.1, 0.15) is 0 Å². The molecule has 0 saturated carbocycles. The molecular weight excluding hydrogens is 308 g/mol. The van der Waals surface area contributed by atoms with Gasteiger partial charge >= 0.3 is 0 Å². The number of nitrogens with zero attached hydrogens (tertiary/aromatic N) is 1. The number of hydrogen-bond donors (Lipinski definition) is 3. The zero-order valence-corrected chi connectivity index (χ0v) is 10.9. The summed E-state index contributed by atoms with van der Waals surface area (Å²) < 4.78 is 27.1. The number of anilines is 2. The van der Waals surface area contributed by atoms with Gasteiger partial charge in [0.1, 0.15) is 10.7 Å². The molecule has 0 bridgehead atoms. The monoisotopic (exact) mass is 316 g/mol. The van der Waals surface area contributed by atoms with Crippen LogP contribution in [0.25, 0.3) is 0 Å². The number of nitrogens with one attached hydrogen (secondary N) is 2. The topological polar surface area (TPSA) is 101 Å². The summed E-state index contributed by atoms with van der Waals surface area (Å²) in [6, 6.07) is 6.74. The minimum Gasteiger partial charge on any atom is -0.383 e. The van der Waals surface area contributed by atoms with Crippen LogP contribution in [0.15, 0.2) is 39.8 Å². The van der Waals surface area contributed by atoms with E-state index >= 15 is 0 Å². The summed E-state index contributed by atoms with van der Waals surface area (Å²) in [5.41, 5.74) is 5.91. The van der Waals surface area contributed by atoms with Gasteiger partial charge in [-0.1, -0.05) is 15.9 Å². The van der Waals surface area contributed by atoms with Crippen LogP contribution in [0.3, 0.4) is 0 Å². The van der Waals surface area contributed by atoms with Crippen LogP contribution in [0.5, 0.6) is 0 Å². The van der Waals surface area contributed by atoms with Crippen LogP contribution in [-0.2, 0) is 10.0 Å². The number of benzene rings is 1. The van der Waals surface area contributed by atoms with Gasteiger partial charge in [0.15, 0.2) is 0 Å². The molecule has 0 fully saturated rings. The average Bonchev–Trinajstić information content (AvgIpc) is 2.68. The van der Waals surface area contributed by atoms with Crippen molar-refractivity contribution >= 4 is 37.5 Å². The van der Waals surface area contributed by atoms with Gasteiger partial charge in [0, 0.05) is 10.2 Å². The quantitative estimate of drug-likeness (QED) is 0.799. The van der Waals surface area contributed by atoms with Crippen LogP contribution < -0.4 is 10.5 Å². The van der Waals surface area contributed by atoms with E-state index in [0.29, 0.717) is 5.69 Å². The predicted octanol–water partition coefficient (Wildman–Crippen LogP) is 1.56. The summed E-state index contributed by atoms with van der Waals surface area (Å²) in [5, 5.41) is 5.94. The average molecular weight is 317 g/mol. The highest BCUT2D eigenvalue weighted by atomic mass is 79.9. The maximum atomic E-state index is 11.9. The fourth-order valence-electron chi connectivity index (χ4n) is 1.23. The number of H-pyrrole nitrogens is 1. The van der Waals surface area contributed by atoms with E-state index in [1.165, 1.54) is 0 Å². The van der Waals surface area contributed by atoms with Gasteiger partial charge in [-0.05, 0) is 24.3 Å². The normalized spacial score (nSPS) is 11.4. The van der Waals surface area contributed by atoms with Crippen molar-refractivity contribution < 1.29 is 8.42 Å². The lowest BCUT2D eigenvalue weighted by atomic mass is 10.3. The molecule has 0 spiro atoms. The van der Waals surface area contributed by atoms with Crippen molar-refractivity contribution in [3.8, 4) is 0 Å². The number of sulfonamides is 1. The number of rotatable bonds is 3. The van der Waals surface area contributed by atoms with Gasteiger partial charge in [0.25, 0.3) is 10.0 Å². The zero-order valence-electron chi connectivity index (χ0n) is 8.51. The number of nitrogen functional groups attached to an aromatic ring is 1. The van der Waals surface area contributed by atoms with E-state index < -0.39 is 10.0 Å². The molecule has 2 rings (SSSR count). The molecule has 0 amide bonds. The van der Waals surface area contributed by atoms with Gasteiger partial charge in [-0.15, -0.1) is 0 Å². The first-order valence-corrected chi connectivity index (χ1v) is 6.84. The Balaban J connectivity index is 2.30. The molecule has 0 atom stereocenters. The second kappa shape index (κ2) is 4.38. The maximum absolute atomic E-state index is 11.9. The zero-order chi connectivity index (χ0) is 12.5. The Bertz CT molecular complexity index is 621. The molecule has 0 saturated heterocycles. The van der Waals surface area contributed by atoms with Gasteiger partial charge in [-0.3, -0.25) is 9.82 Å². The number of hydrogen-bond acceptors (Lipinski definition) is 4. The standard InChI is InChI=1S/C9H9BrN4O2S/c10-6-1-3-7(4-2-6)14-17(15,16)8-5-12-13-9(8)11/h1-5,14H,(H3,11,12,13). The van der Waals surface area contributed by atoms with Crippen LogP contribution in [0.4, 0.5) is 11.5 Å². The van der Waals surface area contributed by atoms with Crippen molar-refractivity contribution in [1.29, 1.82) is 0 Å². The van der Waals surface area contributed by atoms with E-state index in [1.54, 1.807) is 24.3 Å². The fraction of sp³-hybridized carbons (Fsp3) is 0. The Labute approximate surface area is 106 Å². The first-order valence-electron chi connectivity index (χ1n) is 4.56. The maximum Gasteiger partial charge on any atom is 0.267 e. The molecule has 0 aliphatic heterocycles. The van der Waals surface area contributed by atoms with Crippen molar-refractivity contribution in [3.63, 3.8) is 0 Å². The van der Waals surface area contributed by atoms with Crippen molar-refractivity contribution in [1.82, 2.24) is 10.2 Å². The van der Waals surface area contributed by atoms with Crippen LogP contribution >= 0.6 is 15.9 Å². The van der Waals surface area contributed by atoms with Crippen molar-refractivity contribution in [3.05, 3.63) is 34.9 Å². The van der Waals surface area contributed by atoms with E-state index in [4.69, 9.17) is 5.73 Å². The highest BCUT2D eigenvalue weighted by Crippen LogP contribution is 2.20. The second-order valence-corrected chi connectivity index (χ2v) is 5.83. The van der Waals surface area contributed by atoms with Gasteiger partial charge in [0.05, 0.1) is 6.20 Å². The summed E-state index contributed by atoms with van der Waals surface area (Å²) in [6.07, 6.45) is 1.16. The summed E-state index contributed by atoms with van der Waals surface area (Å²) >= 11 is 3.26. The minimum atomic E-state index is -3.70. The Morgan fingerprint density at radius 1 is 1.29 bits per heavy atom. The van der Waals surface area contributed by atoms with Gasteiger partial charge in [0.2, 0.25) is 0 Å². The molecule has 0 aliphatic rings. The first-order chi connectivity index (χ1) is 7.99. The molecule has 8 heteroatoms. The third kappa shape index (κ3) is 2.59. The first kappa shape index (κ1) is 11.9. The second-order valence-electron chi connectivity index (χ2n) is 3.26. The molecule has 0 aliphatic carbocycles. The Kier molecular flexibility index (Phi) is 3.07. The van der Waals surface area contributed by atoms with Crippen LogP contribution in [-0.4, -0.2) is 18.6 Å². The molecule has 4 N–H and O–H groups in total. The molecule has 1 heterocycles. The molecule has 17 heavy (non-hydrogen) atoms. The summed E-state index contributed by atoms with van der Waals surface area (Å²) in [6.45, 7) is 0. The molecule has 90 valence electrons. The van der Waals surface area contributed by atoms with Crippen molar-refractivity contribution in [2.24, 2.45) is 0 Å². The number of aromatic amines is 1. The molecule has 1 aromatic carbocycles. The third-order valence-electron chi connectivity index (χ3n) is 2.02. The van der Waals surface area contributed by atoms with E-state index in [0.717, 1.165) is 10.7 Å². The lowest BCUT2D eigenvalue weighted by Gasteiger charge is -2.06. The van der Waals surface area contributed by atoms with Gasteiger partial charge in [-0.2, -0.15) is 5.10 Å². The summed E-state index contributed by atoms with van der Waals surface area (Å²) in [7, 11) is -3.70. The fourth-order valence-corrected chi connectivity index (χ4v) is 2.57. The smallest absolute Gasteiger partial charge is 0.267 e. The molecule has 1 aromatic heterocycles. The van der Waals surface area contributed by atoms with E-state index in [1.807, 2.05) is 0 Å². The SMILES string of the molecule is Nc1[nH]ncc1S(=O)(=O)Nc1ccc(Br)cc1. The van der Waals surface area contributed by atoms with Crippen LogP contribution in [0.2, 0.25) is 0 Å². The number of aromatic nitrogens is 2. The van der Waals surface area contributed by atoms with Gasteiger partial charge < -0.3 is 5.73 Å². The predicted molar refractivity (Wildman–Crippen MR) is 68.0 cm³/mol. The van der Waals surface area contributed by atoms with Crippen molar-refractivity contribution in [2.75, 3.05) is 10.5 Å². The molecular formula is C9H9BrN4O2S. The Morgan fingerprint density at radius 2 is 1.94 bits per heavy atom. The molecule has 0 radical (unpaired) electrons. The van der Waals surface area contributed by atoms with E-state index in [9.17, 15) is 8.42 Å². The largest absolute Gasteiger partial charge is 0.383 e. The van der Waals surface area contributed by atoms with Gasteiger partial charge in [-0.25, -0.2) is 8.42 Å². The van der Waals surface area contributed by atoms with Crippen molar-refractivity contribution in [2.45, 2.75) is 4.90 Å². The minimum absolute atomic E-state index is 0.00890. The summed E-state index contributed by atoms with van der Waals surface area (Å²) in [5.74, 6) is 0.00890. The third-order valence-corrected chi connectivity index (χ3v) is 3.96. The molecule has 2 aromatic rings. The number of halogens is 1. The molecule has 6 nitrogen and oxygen atoms in total. The lowest BCUT2D eigenvalue weighted by molar-refractivity contribution is 0.601. The van der Waals surface area contributed by atoms with E-state index in [2.05, 4.69) is 30.8 Å². The lowest BCUT2D eigenvalue weighted by Crippen LogP contribution is -2.13. The number of nitrogens with two attached hydrogens (primary N) is 1. The van der Waals surface area contributed by atoms with Crippen LogP contribution in [0, 0.1) is 0 Å².